The van der Waals surface area contributed by atoms with Crippen LogP contribution in [0.3, 0.4) is 0 Å². The van der Waals surface area contributed by atoms with E-state index in [4.69, 9.17) is 19.1 Å². The quantitative estimate of drug-likeness (QED) is 0.836. The Balaban J connectivity index is 1.69. The fraction of sp³-hybridized carbons (Fsp3) is 0.500. The van der Waals surface area contributed by atoms with Gasteiger partial charge in [-0.3, -0.25) is 0 Å². The molecule has 0 aliphatic heterocycles. The summed E-state index contributed by atoms with van der Waals surface area (Å²) in [5, 5.41) is 7.51. The number of para-hydroxylation sites is 1. The molecule has 1 aromatic carbocycles. The summed E-state index contributed by atoms with van der Waals surface area (Å²) >= 11 is 0. The molecule has 1 heterocycles. The first kappa shape index (κ1) is 12.4. The first-order valence-electron chi connectivity index (χ1n) is 9.50. The van der Waals surface area contributed by atoms with E-state index in [1.807, 2.05) is 32.0 Å². The molecule has 0 spiro atoms. The summed E-state index contributed by atoms with van der Waals surface area (Å²) in [6.45, 7) is 3.78. The Morgan fingerprint density at radius 3 is 2.74 bits per heavy atom. The predicted molar refractivity (Wildman–Crippen MR) is 92.5 cm³/mol. The van der Waals surface area contributed by atoms with Crippen LogP contribution in [0.4, 0.5) is 11.4 Å². The van der Waals surface area contributed by atoms with Gasteiger partial charge in [-0.15, -0.1) is 0 Å². The number of hydrogen-bond donors (Lipinski definition) is 2. The van der Waals surface area contributed by atoms with Crippen LogP contribution >= 0.6 is 0 Å². The smallest absolute Gasteiger partial charge is 0.141 e. The summed E-state index contributed by atoms with van der Waals surface area (Å²) in [6.07, 6.45) is 2.93. The zero-order chi connectivity index (χ0) is 18.9. The fourth-order valence-corrected chi connectivity index (χ4v) is 3.32. The molecule has 3 N–H and O–H groups in total. The molecular formula is C18H25N3O2. The molecule has 5 heteroatoms. The molecule has 0 bridgehead atoms. The van der Waals surface area contributed by atoms with Crippen molar-refractivity contribution in [3.05, 3.63) is 29.7 Å². The zero-order valence-electron chi connectivity index (χ0n) is 16.6. The van der Waals surface area contributed by atoms with Crippen LogP contribution in [0.1, 0.15) is 41.2 Å². The third-order valence-electron chi connectivity index (χ3n) is 4.61. The molecule has 124 valence electrons. The highest BCUT2D eigenvalue weighted by Crippen LogP contribution is 2.36. The highest BCUT2D eigenvalue weighted by atomic mass is 16.5. The SMILES string of the molecule is [2H]C([2H])([2H])OC1CCC(Nc2cccc(-c3c(C)noc3C)c2N)CC1. The normalized spacial score (nSPS) is 23.8. The minimum atomic E-state index is -2.32. The lowest BCUT2D eigenvalue weighted by molar-refractivity contribution is 0.0682. The number of aromatic nitrogens is 1. The maximum Gasteiger partial charge on any atom is 0.141 e. The number of benzene rings is 1. The fourth-order valence-electron chi connectivity index (χ4n) is 3.32. The number of hydrogen-bond acceptors (Lipinski definition) is 5. The third-order valence-corrected chi connectivity index (χ3v) is 4.61. The van der Waals surface area contributed by atoms with Crippen molar-refractivity contribution >= 4 is 11.4 Å². The van der Waals surface area contributed by atoms with Crippen molar-refractivity contribution < 1.29 is 13.4 Å². The second kappa shape index (κ2) is 6.62. The molecule has 3 rings (SSSR count). The number of anilines is 2. The highest BCUT2D eigenvalue weighted by Gasteiger charge is 2.22. The first-order valence-corrected chi connectivity index (χ1v) is 8.00. The molecule has 0 radical (unpaired) electrons. The number of methoxy groups -OCH3 is 1. The molecule has 1 aliphatic carbocycles. The minimum Gasteiger partial charge on any atom is -0.397 e. The van der Waals surface area contributed by atoms with E-state index >= 15 is 0 Å². The Morgan fingerprint density at radius 1 is 1.30 bits per heavy atom. The van der Waals surface area contributed by atoms with Crippen LogP contribution in [-0.4, -0.2) is 24.3 Å². The molecule has 0 atom stereocenters. The maximum absolute atomic E-state index is 7.22. The Labute approximate surface area is 141 Å². The van der Waals surface area contributed by atoms with Crippen molar-refractivity contribution in [1.29, 1.82) is 0 Å². The van der Waals surface area contributed by atoms with Crippen LogP contribution in [-0.2, 0) is 4.74 Å². The van der Waals surface area contributed by atoms with Crippen molar-refractivity contribution in [2.45, 2.75) is 51.7 Å². The van der Waals surface area contributed by atoms with E-state index in [9.17, 15) is 0 Å². The van der Waals surface area contributed by atoms with Gasteiger partial charge in [-0.2, -0.15) is 0 Å². The van der Waals surface area contributed by atoms with Crippen LogP contribution in [0.5, 0.6) is 0 Å². The molecular weight excluding hydrogens is 290 g/mol. The van der Waals surface area contributed by atoms with Gasteiger partial charge in [0.15, 0.2) is 0 Å². The number of nitrogen functional groups attached to an aromatic ring is 1. The van der Waals surface area contributed by atoms with Crippen LogP contribution < -0.4 is 11.1 Å². The third kappa shape index (κ3) is 3.20. The van der Waals surface area contributed by atoms with Gasteiger partial charge in [0.05, 0.1) is 27.3 Å². The number of ether oxygens (including phenoxy) is 1. The zero-order valence-corrected chi connectivity index (χ0v) is 13.6. The van der Waals surface area contributed by atoms with Gasteiger partial charge >= 0.3 is 0 Å². The number of nitrogens with one attached hydrogen (secondary N) is 1. The average molecular weight is 318 g/mol. The predicted octanol–water partition coefficient (Wildman–Crippen LogP) is 3.91. The van der Waals surface area contributed by atoms with E-state index in [1.165, 1.54) is 0 Å². The molecule has 0 unspecified atom stereocenters. The second-order valence-corrected chi connectivity index (χ2v) is 6.20. The Kier molecular flexibility index (Phi) is 3.58. The minimum absolute atomic E-state index is 0.202. The van der Waals surface area contributed by atoms with Crippen molar-refractivity contribution in [3.8, 4) is 11.1 Å². The van der Waals surface area contributed by atoms with Crippen LogP contribution in [0.15, 0.2) is 22.7 Å². The summed E-state index contributed by atoms with van der Waals surface area (Å²) in [5.41, 5.74) is 10.6. The average Bonchev–Trinajstić information content (AvgIpc) is 2.89. The van der Waals surface area contributed by atoms with E-state index in [0.29, 0.717) is 5.69 Å². The topological polar surface area (TPSA) is 73.3 Å². The largest absolute Gasteiger partial charge is 0.397 e. The van der Waals surface area contributed by atoms with Gasteiger partial charge in [0.25, 0.3) is 0 Å². The van der Waals surface area contributed by atoms with Gasteiger partial charge in [-0.05, 0) is 45.6 Å². The van der Waals surface area contributed by atoms with Gasteiger partial charge in [0.2, 0.25) is 0 Å². The van der Waals surface area contributed by atoms with Crippen molar-refractivity contribution in [1.82, 2.24) is 5.16 Å². The van der Waals surface area contributed by atoms with E-state index in [2.05, 4.69) is 10.5 Å². The first-order chi connectivity index (χ1) is 12.2. The van der Waals surface area contributed by atoms with Crippen molar-refractivity contribution in [3.63, 3.8) is 0 Å². The molecule has 0 saturated heterocycles. The molecule has 0 amide bonds. The summed E-state index contributed by atoms with van der Waals surface area (Å²) < 4.78 is 32.0. The molecule has 1 aliphatic rings. The number of nitrogens with zero attached hydrogens (tertiary/aromatic N) is 1. The van der Waals surface area contributed by atoms with Crippen LogP contribution in [0.25, 0.3) is 11.1 Å². The van der Waals surface area contributed by atoms with Gasteiger partial charge in [0, 0.05) is 24.2 Å². The maximum atomic E-state index is 7.22. The summed E-state index contributed by atoms with van der Waals surface area (Å²) in [6, 6.07) is 6.13. The summed E-state index contributed by atoms with van der Waals surface area (Å²) in [4.78, 5) is 0. The molecule has 2 aromatic rings. The Morgan fingerprint density at radius 2 is 2.09 bits per heavy atom. The Hall–Kier alpha value is -2.01. The van der Waals surface area contributed by atoms with E-state index in [-0.39, 0.29) is 12.1 Å². The molecule has 1 aromatic heterocycles. The number of rotatable bonds is 4. The standard InChI is InChI=1S/C18H25N3O2/c1-11-17(12(2)23-21-11)15-5-4-6-16(18(15)19)20-13-7-9-14(22-3)10-8-13/h4-6,13-14,20H,7-10,19H2,1-3H3/i3D3. The lowest BCUT2D eigenvalue weighted by atomic mass is 9.92. The lowest BCUT2D eigenvalue weighted by Gasteiger charge is -2.29. The monoisotopic (exact) mass is 318 g/mol. The van der Waals surface area contributed by atoms with Gasteiger partial charge in [-0.25, -0.2) is 0 Å². The van der Waals surface area contributed by atoms with Crippen LogP contribution in [0.2, 0.25) is 0 Å². The number of aryl methyl sites for hydroxylation is 2. The number of nitrogens with two attached hydrogens (primary N) is 1. The van der Waals surface area contributed by atoms with E-state index in [0.717, 1.165) is 54.0 Å². The van der Waals surface area contributed by atoms with E-state index < -0.39 is 7.04 Å². The van der Waals surface area contributed by atoms with Gasteiger partial charge in [-0.1, -0.05) is 17.3 Å². The van der Waals surface area contributed by atoms with E-state index in [1.54, 1.807) is 0 Å². The lowest BCUT2D eigenvalue weighted by Crippen LogP contribution is -2.29. The molecule has 23 heavy (non-hydrogen) atoms. The molecule has 1 saturated carbocycles. The van der Waals surface area contributed by atoms with Crippen molar-refractivity contribution in [2.24, 2.45) is 0 Å². The van der Waals surface area contributed by atoms with Gasteiger partial charge < -0.3 is 20.3 Å². The second-order valence-electron chi connectivity index (χ2n) is 6.20. The summed E-state index contributed by atoms with van der Waals surface area (Å²) in [5.74, 6) is 0.744. The van der Waals surface area contributed by atoms with Crippen molar-refractivity contribution in [2.75, 3.05) is 18.1 Å². The highest BCUT2D eigenvalue weighted by molar-refractivity contribution is 5.87. The molecule has 1 fully saturated rings. The summed E-state index contributed by atoms with van der Waals surface area (Å²) in [7, 11) is -2.32. The van der Waals surface area contributed by atoms with Crippen LogP contribution in [0, 0.1) is 13.8 Å². The Bertz CT molecular complexity index is 746. The molecule has 5 nitrogen and oxygen atoms in total. The van der Waals surface area contributed by atoms with Gasteiger partial charge in [0.1, 0.15) is 5.76 Å².